The second-order valence-electron chi connectivity index (χ2n) is 5.16. The number of amides is 1. The molecule has 1 amide bonds. The Morgan fingerprint density at radius 3 is 2.55 bits per heavy atom. The molecule has 2 aromatic carbocycles. The van der Waals surface area contributed by atoms with Gasteiger partial charge < -0.3 is 5.32 Å². The van der Waals surface area contributed by atoms with Crippen LogP contribution in [0.3, 0.4) is 0 Å². The lowest BCUT2D eigenvalue weighted by molar-refractivity contribution is 0.0965. The lowest BCUT2D eigenvalue weighted by Gasteiger charge is -2.09. The minimum absolute atomic E-state index is 0.0860. The Hall–Kier alpha value is -2.34. The molecule has 0 radical (unpaired) electrons. The zero-order valence-corrected chi connectivity index (χ0v) is 12.9. The van der Waals surface area contributed by atoms with Crippen molar-refractivity contribution in [2.45, 2.75) is 24.8 Å². The molecular formula is C16H16N2O3S. The summed E-state index contributed by atoms with van der Waals surface area (Å²) in [6.45, 7) is 2.48. The molecule has 0 bridgehead atoms. The van der Waals surface area contributed by atoms with Crippen LogP contribution in [0.2, 0.25) is 0 Å². The molecule has 22 heavy (non-hydrogen) atoms. The van der Waals surface area contributed by atoms with Crippen LogP contribution in [0.4, 0.5) is 5.69 Å². The predicted molar refractivity (Wildman–Crippen MR) is 84.2 cm³/mol. The van der Waals surface area contributed by atoms with Crippen LogP contribution >= 0.6 is 0 Å². The number of anilines is 1. The van der Waals surface area contributed by atoms with Gasteiger partial charge in [0.05, 0.1) is 4.90 Å². The third-order valence-electron chi connectivity index (χ3n) is 3.69. The van der Waals surface area contributed by atoms with Gasteiger partial charge >= 0.3 is 0 Å². The van der Waals surface area contributed by atoms with E-state index in [1.807, 2.05) is 19.1 Å². The summed E-state index contributed by atoms with van der Waals surface area (Å²) in [5.74, 6) is -0.237. The first-order valence-corrected chi connectivity index (χ1v) is 8.51. The van der Waals surface area contributed by atoms with Crippen molar-refractivity contribution in [3.63, 3.8) is 0 Å². The largest absolute Gasteiger partial charge is 0.348 e. The summed E-state index contributed by atoms with van der Waals surface area (Å²) >= 11 is 0. The maximum atomic E-state index is 12.4. The highest BCUT2D eigenvalue weighted by Gasteiger charge is 2.22. The monoisotopic (exact) mass is 316 g/mol. The van der Waals surface area contributed by atoms with E-state index in [1.54, 1.807) is 18.2 Å². The van der Waals surface area contributed by atoms with Gasteiger partial charge in [0.25, 0.3) is 15.9 Å². The van der Waals surface area contributed by atoms with Crippen LogP contribution in [0.1, 0.15) is 28.4 Å². The van der Waals surface area contributed by atoms with Crippen molar-refractivity contribution < 1.29 is 13.2 Å². The summed E-state index contributed by atoms with van der Waals surface area (Å²) in [5.41, 5.74) is 2.87. The van der Waals surface area contributed by atoms with Gasteiger partial charge in [-0.15, -0.1) is 0 Å². The fraction of sp³-hybridized carbons (Fsp3) is 0.188. The molecule has 6 heteroatoms. The first-order chi connectivity index (χ1) is 10.5. The average molecular weight is 316 g/mol. The number of rotatable bonds is 4. The highest BCUT2D eigenvalue weighted by atomic mass is 32.2. The summed E-state index contributed by atoms with van der Waals surface area (Å²) in [6.07, 6.45) is 0.896. The van der Waals surface area contributed by atoms with Gasteiger partial charge in [-0.3, -0.25) is 9.52 Å². The first-order valence-electron chi connectivity index (χ1n) is 7.02. The number of carbonyl (C=O) groups excluding carboxylic acids is 1. The van der Waals surface area contributed by atoms with Crippen molar-refractivity contribution in [1.82, 2.24) is 5.32 Å². The molecule has 0 saturated heterocycles. The Kier molecular flexibility index (Phi) is 3.62. The van der Waals surface area contributed by atoms with E-state index in [9.17, 15) is 13.2 Å². The smallest absolute Gasteiger partial charge is 0.261 e. The molecule has 1 aliphatic heterocycles. The van der Waals surface area contributed by atoms with Crippen molar-refractivity contribution in [3.8, 4) is 0 Å². The summed E-state index contributed by atoms with van der Waals surface area (Å²) in [7, 11) is -3.71. The third-order valence-corrected chi connectivity index (χ3v) is 5.07. The number of benzene rings is 2. The van der Waals surface area contributed by atoms with E-state index in [-0.39, 0.29) is 10.8 Å². The van der Waals surface area contributed by atoms with Crippen LogP contribution in [0.15, 0.2) is 47.4 Å². The van der Waals surface area contributed by atoms with Crippen molar-refractivity contribution in [1.29, 1.82) is 0 Å². The molecule has 114 valence electrons. The van der Waals surface area contributed by atoms with E-state index in [1.165, 1.54) is 12.1 Å². The van der Waals surface area contributed by atoms with Crippen molar-refractivity contribution in [3.05, 3.63) is 59.2 Å². The molecule has 5 nitrogen and oxygen atoms in total. The van der Waals surface area contributed by atoms with Gasteiger partial charge in [0.2, 0.25) is 0 Å². The second-order valence-corrected chi connectivity index (χ2v) is 6.84. The summed E-state index contributed by atoms with van der Waals surface area (Å²) < 4.78 is 27.4. The van der Waals surface area contributed by atoms with Crippen LogP contribution < -0.4 is 10.0 Å². The van der Waals surface area contributed by atoms with Crippen molar-refractivity contribution >= 4 is 21.6 Å². The maximum absolute atomic E-state index is 12.4. The van der Waals surface area contributed by atoms with Crippen molar-refractivity contribution in [2.75, 3.05) is 4.72 Å². The Morgan fingerprint density at radius 2 is 1.86 bits per heavy atom. The molecule has 0 unspecified atom stereocenters. The molecule has 0 spiro atoms. The highest BCUT2D eigenvalue weighted by Crippen LogP contribution is 2.22. The number of hydrogen-bond acceptors (Lipinski definition) is 3. The van der Waals surface area contributed by atoms with Crippen LogP contribution in [-0.2, 0) is 23.0 Å². The van der Waals surface area contributed by atoms with E-state index in [4.69, 9.17) is 0 Å². The van der Waals surface area contributed by atoms with E-state index < -0.39 is 10.0 Å². The number of hydrogen-bond donors (Lipinski definition) is 2. The zero-order valence-electron chi connectivity index (χ0n) is 12.1. The molecule has 2 N–H and O–H groups in total. The van der Waals surface area contributed by atoms with Crippen LogP contribution in [0.25, 0.3) is 0 Å². The topological polar surface area (TPSA) is 75.3 Å². The molecule has 3 rings (SSSR count). The predicted octanol–water partition coefficient (Wildman–Crippen LogP) is 2.29. The molecule has 0 saturated carbocycles. The Balaban J connectivity index is 1.89. The molecule has 0 fully saturated rings. The van der Waals surface area contributed by atoms with Crippen LogP contribution in [0.5, 0.6) is 0 Å². The third kappa shape index (κ3) is 2.69. The number of sulfonamides is 1. The molecule has 0 aliphatic carbocycles. The van der Waals surface area contributed by atoms with E-state index in [0.29, 0.717) is 17.8 Å². The zero-order chi connectivity index (χ0) is 15.7. The van der Waals surface area contributed by atoms with E-state index in [0.717, 1.165) is 17.5 Å². The van der Waals surface area contributed by atoms with Gasteiger partial charge in [-0.05, 0) is 41.8 Å². The SMILES string of the molecule is CCc1ccc(NS(=O)(=O)c2ccc3c(c2)C(=O)NC3)cc1. The minimum Gasteiger partial charge on any atom is -0.348 e. The lowest BCUT2D eigenvalue weighted by Crippen LogP contribution is -2.15. The summed E-state index contributed by atoms with van der Waals surface area (Å²) in [6, 6.07) is 11.8. The van der Waals surface area contributed by atoms with Gasteiger partial charge in [-0.2, -0.15) is 0 Å². The van der Waals surface area contributed by atoms with E-state index >= 15 is 0 Å². The van der Waals surface area contributed by atoms with Crippen molar-refractivity contribution in [2.24, 2.45) is 0 Å². The molecule has 1 aliphatic rings. The molecule has 2 aromatic rings. The molecule has 0 atom stereocenters. The van der Waals surface area contributed by atoms with Crippen LogP contribution in [-0.4, -0.2) is 14.3 Å². The molecule has 0 aromatic heterocycles. The van der Waals surface area contributed by atoms with Gasteiger partial charge in [0.1, 0.15) is 0 Å². The Morgan fingerprint density at radius 1 is 1.14 bits per heavy atom. The number of carbonyl (C=O) groups is 1. The first kappa shape index (κ1) is 14.6. The Bertz CT molecular complexity index is 827. The number of nitrogens with one attached hydrogen (secondary N) is 2. The van der Waals surface area contributed by atoms with Gasteiger partial charge in [0.15, 0.2) is 0 Å². The van der Waals surface area contributed by atoms with Gasteiger partial charge in [0, 0.05) is 17.8 Å². The average Bonchev–Trinajstić information content (AvgIpc) is 2.89. The summed E-state index contributed by atoms with van der Waals surface area (Å²) in [4.78, 5) is 11.7. The Labute approximate surface area is 129 Å². The lowest BCUT2D eigenvalue weighted by atomic mass is 10.1. The molecule has 1 heterocycles. The standard InChI is InChI=1S/C16H16N2O3S/c1-2-11-3-6-13(7-4-11)18-22(20,21)14-8-5-12-10-17-16(19)15(12)9-14/h3-9,18H,2,10H2,1H3,(H,17,19). The fourth-order valence-corrected chi connectivity index (χ4v) is 3.47. The summed E-state index contributed by atoms with van der Waals surface area (Å²) in [5, 5.41) is 2.67. The van der Waals surface area contributed by atoms with Gasteiger partial charge in [-0.1, -0.05) is 25.1 Å². The van der Waals surface area contributed by atoms with E-state index in [2.05, 4.69) is 10.0 Å². The van der Waals surface area contributed by atoms with Crippen LogP contribution in [0, 0.1) is 0 Å². The second kappa shape index (κ2) is 5.46. The number of aryl methyl sites for hydroxylation is 1. The minimum atomic E-state index is -3.71. The molecular weight excluding hydrogens is 300 g/mol. The normalized spacial score (nSPS) is 13.6. The quantitative estimate of drug-likeness (QED) is 0.909. The highest BCUT2D eigenvalue weighted by molar-refractivity contribution is 7.92. The fourth-order valence-electron chi connectivity index (χ4n) is 2.38. The van der Waals surface area contributed by atoms with Gasteiger partial charge in [-0.25, -0.2) is 8.42 Å². The number of fused-ring (bicyclic) bond motifs is 1. The maximum Gasteiger partial charge on any atom is 0.261 e.